The first kappa shape index (κ1) is 15.8. The summed E-state index contributed by atoms with van der Waals surface area (Å²) in [5.41, 5.74) is 0.565. The average Bonchev–Trinajstić information content (AvgIpc) is 2.32. The predicted octanol–water partition coefficient (Wildman–Crippen LogP) is 2.96. The third-order valence-corrected chi connectivity index (χ3v) is 4.24. The molecule has 18 heavy (non-hydrogen) atoms. The summed E-state index contributed by atoms with van der Waals surface area (Å²) in [7, 11) is 0. The van der Waals surface area contributed by atoms with Crippen molar-refractivity contribution in [1.82, 2.24) is 10.2 Å². The Kier molecular flexibility index (Phi) is 5.92. The highest BCUT2D eigenvalue weighted by Gasteiger charge is 2.25. The molecule has 0 spiro atoms. The number of hydrogen-bond acceptors (Lipinski definition) is 2. The predicted molar refractivity (Wildman–Crippen MR) is 79.8 cm³/mol. The third-order valence-electron chi connectivity index (χ3n) is 2.94. The van der Waals surface area contributed by atoms with Crippen LogP contribution in [0.5, 0.6) is 0 Å². The molecule has 0 saturated carbocycles. The molecule has 1 atom stereocenters. The van der Waals surface area contributed by atoms with Crippen molar-refractivity contribution in [3.63, 3.8) is 0 Å². The van der Waals surface area contributed by atoms with Gasteiger partial charge < -0.3 is 10.2 Å². The van der Waals surface area contributed by atoms with Crippen molar-refractivity contribution >= 4 is 45.8 Å². The SMILES string of the molecule is C[C@H]1CNCCN1C(=O)c1cccc(Br)c1Cl.Cl. The second kappa shape index (κ2) is 6.75. The molecule has 0 unspecified atom stereocenters. The van der Waals surface area contributed by atoms with Gasteiger partial charge in [0.15, 0.2) is 0 Å². The maximum absolute atomic E-state index is 12.4. The summed E-state index contributed by atoms with van der Waals surface area (Å²) in [6.07, 6.45) is 0. The number of nitrogens with one attached hydrogen (secondary N) is 1. The van der Waals surface area contributed by atoms with Gasteiger partial charge in [-0.3, -0.25) is 4.79 Å². The lowest BCUT2D eigenvalue weighted by Crippen LogP contribution is -2.52. The summed E-state index contributed by atoms with van der Waals surface area (Å²) >= 11 is 9.48. The Balaban J connectivity index is 0.00000162. The highest BCUT2D eigenvalue weighted by Crippen LogP contribution is 2.27. The topological polar surface area (TPSA) is 32.3 Å². The van der Waals surface area contributed by atoms with Gasteiger partial charge in [-0.1, -0.05) is 17.7 Å². The van der Waals surface area contributed by atoms with Crippen LogP contribution in [-0.4, -0.2) is 36.5 Å². The zero-order valence-corrected chi connectivity index (χ0v) is 13.1. The van der Waals surface area contributed by atoms with Crippen LogP contribution in [0.2, 0.25) is 5.02 Å². The molecule has 6 heteroatoms. The van der Waals surface area contributed by atoms with Gasteiger partial charge in [-0.15, -0.1) is 12.4 Å². The van der Waals surface area contributed by atoms with Crippen LogP contribution in [0.25, 0.3) is 0 Å². The summed E-state index contributed by atoms with van der Waals surface area (Å²) in [6, 6.07) is 5.63. The minimum atomic E-state index is 0. The summed E-state index contributed by atoms with van der Waals surface area (Å²) in [4.78, 5) is 14.2. The highest BCUT2D eigenvalue weighted by molar-refractivity contribution is 9.10. The van der Waals surface area contributed by atoms with Crippen LogP contribution < -0.4 is 5.32 Å². The second-order valence-electron chi connectivity index (χ2n) is 4.15. The van der Waals surface area contributed by atoms with Crippen molar-refractivity contribution in [2.75, 3.05) is 19.6 Å². The van der Waals surface area contributed by atoms with E-state index < -0.39 is 0 Å². The van der Waals surface area contributed by atoms with Gasteiger partial charge in [0.25, 0.3) is 5.91 Å². The van der Waals surface area contributed by atoms with E-state index >= 15 is 0 Å². The van der Waals surface area contributed by atoms with Crippen LogP contribution in [0.4, 0.5) is 0 Å². The van der Waals surface area contributed by atoms with Gasteiger partial charge >= 0.3 is 0 Å². The van der Waals surface area contributed by atoms with E-state index in [1.54, 1.807) is 6.07 Å². The van der Waals surface area contributed by atoms with Crippen molar-refractivity contribution in [3.05, 3.63) is 33.3 Å². The number of carbonyl (C=O) groups excluding carboxylic acids is 1. The maximum Gasteiger partial charge on any atom is 0.255 e. The zero-order chi connectivity index (χ0) is 12.4. The number of amides is 1. The van der Waals surface area contributed by atoms with Gasteiger partial charge in [0.1, 0.15) is 0 Å². The molecule has 3 nitrogen and oxygen atoms in total. The van der Waals surface area contributed by atoms with Gasteiger partial charge in [-0.25, -0.2) is 0 Å². The molecule has 2 rings (SSSR count). The molecule has 1 amide bonds. The lowest BCUT2D eigenvalue weighted by Gasteiger charge is -2.34. The number of halogens is 3. The lowest BCUT2D eigenvalue weighted by atomic mass is 10.1. The number of hydrogen-bond donors (Lipinski definition) is 1. The van der Waals surface area contributed by atoms with Crippen LogP contribution in [-0.2, 0) is 0 Å². The quantitative estimate of drug-likeness (QED) is 0.841. The zero-order valence-electron chi connectivity index (χ0n) is 9.95. The first-order chi connectivity index (χ1) is 8.11. The van der Waals surface area contributed by atoms with Crippen LogP contribution in [0.3, 0.4) is 0 Å². The molecule has 1 heterocycles. The lowest BCUT2D eigenvalue weighted by molar-refractivity contribution is 0.0656. The van der Waals surface area contributed by atoms with E-state index in [4.69, 9.17) is 11.6 Å². The summed E-state index contributed by atoms with van der Waals surface area (Å²) in [5, 5.41) is 3.75. The molecule has 1 saturated heterocycles. The fourth-order valence-electron chi connectivity index (χ4n) is 1.97. The maximum atomic E-state index is 12.4. The molecule has 1 aliphatic heterocycles. The van der Waals surface area contributed by atoms with Crippen molar-refractivity contribution in [2.24, 2.45) is 0 Å². The first-order valence-corrected chi connectivity index (χ1v) is 6.74. The molecule has 100 valence electrons. The number of piperazine rings is 1. The Morgan fingerprint density at radius 2 is 2.28 bits per heavy atom. The molecule has 1 aliphatic rings. The Morgan fingerprint density at radius 3 is 2.94 bits per heavy atom. The average molecular weight is 354 g/mol. The molecular formula is C12H15BrCl2N2O. The minimum absolute atomic E-state index is 0. The number of carbonyl (C=O) groups is 1. The van der Waals surface area contributed by atoms with E-state index in [9.17, 15) is 4.79 Å². The molecule has 0 aromatic heterocycles. The van der Waals surface area contributed by atoms with Gasteiger partial charge in [0.2, 0.25) is 0 Å². The number of rotatable bonds is 1. The van der Waals surface area contributed by atoms with Crippen LogP contribution in [0, 0.1) is 0 Å². The smallest absolute Gasteiger partial charge is 0.255 e. The summed E-state index contributed by atoms with van der Waals surface area (Å²) < 4.78 is 0.757. The Bertz CT molecular complexity index is 442. The number of benzene rings is 1. The molecular weight excluding hydrogens is 339 g/mol. The largest absolute Gasteiger partial charge is 0.333 e. The summed E-state index contributed by atoms with van der Waals surface area (Å²) in [5.74, 6) is 0.00491. The van der Waals surface area contributed by atoms with Gasteiger partial charge in [-0.2, -0.15) is 0 Å². The van der Waals surface area contributed by atoms with Gasteiger partial charge in [-0.05, 0) is 35.0 Å². The molecule has 1 fully saturated rings. The third kappa shape index (κ3) is 3.18. The van der Waals surface area contributed by atoms with E-state index in [-0.39, 0.29) is 24.4 Å². The van der Waals surface area contributed by atoms with Crippen LogP contribution in [0.15, 0.2) is 22.7 Å². The van der Waals surface area contributed by atoms with E-state index in [0.29, 0.717) is 10.6 Å². The monoisotopic (exact) mass is 352 g/mol. The summed E-state index contributed by atoms with van der Waals surface area (Å²) in [6.45, 7) is 4.43. The molecule has 0 aliphatic carbocycles. The fraction of sp³-hybridized carbons (Fsp3) is 0.417. The van der Waals surface area contributed by atoms with Crippen LogP contribution >= 0.6 is 39.9 Å². The molecule has 0 bridgehead atoms. The highest BCUT2D eigenvalue weighted by atomic mass is 79.9. The van der Waals surface area contributed by atoms with E-state index in [1.807, 2.05) is 24.0 Å². The van der Waals surface area contributed by atoms with Gasteiger partial charge in [0, 0.05) is 30.1 Å². The molecule has 0 radical (unpaired) electrons. The number of nitrogens with zero attached hydrogens (tertiary/aromatic N) is 1. The first-order valence-electron chi connectivity index (χ1n) is 5.57. The Hall–Kier alpha value is -0.290. The van der Waals surface area contributed by atoms with Crippen LogP contribution in [0.1, 0.15) is 17.3 Å². The van der Waals surface area contributed by atoms with Crippen molar-refractivity contribution in [2.45, 2.75) is 13.0 Å². The van der Waals surface area contributed by atoms with Crippen molar-refractivity contribution in [1.29, 1.82) is 0 Å². The Labute approximate surface area is 126 Å². The standard InChI is InChI=1S/C12H14BrClN2O.ClH/c1-8-7-15-5-6-16(8)12(17)9-3-2-4-10(13)11(9)14;/h2-4,8,15H,5-7H2,1H3;1H/t8-;/m0./s1. The molecule has 1 N–H and O–H groups in total. The molecule has 1 aromatic rings. The van der Waals surface area contributed by atoms with E-state index in [0.717, 1.165) is 24.1 Å². The van der Waals surface area contributed by atoms with Gasteiger partial charge in [0.05, 0.1) is 10.6 Å². The fourth-order valence-corrected chi connectivity index (χ4v) is 2.54. The van der Waals surface area contributed by atoms with E-state index in [1.165, 1.54) is 0 Å². The normalized spacial score (nSPS) is 19.3. The minimum Gasteiger partial charge on any atom is -0.333 e. The second-order valence-corrected chi connectivity index (χ2v) is 5.39. The van der Waals surface area contributed by atoms with E-state index in [2.05, 4.69) is 21.2 Å². The Morgan fingerprint density at radius 1 is 1.56 bits per heavy atom. The molecule has 1 aromatic carbocycles. The van der Waals surface area contributed by atoms with Crippen molar-refractivity contribution < 1.29 is 4.79 Å². The van der Waals surface area contributed by atoms with Crippen molar-refractivity contribution in [3.8, 4) is 0 Å².